The molecule has 26 heavy (non-hydrogen) atoms. The van der Waals surface area contributed by atoms with Crippen molar-refractivity contribution in [1.82, 2.24) is 10.6 Å². The van der Waals surface area contributed by atoms with E-state index in [4.69, 9.17) is 0 Å². The van der Waals surface area contributed by atoms with E-state index in [2.05, 4.69) is 26.6 Å². The van der Waals surface area contributed by atoms with E-state index in [-0.39, 0.29) is 30.2 Å². The maximum Gasteiger partial charge on any atom is 0.242 e. The predicted molar refractivity (Wildman–Crippen MR) is 103 cm³/mol. The van der Waals surface area contributed by atoms with Crippen molar-refractivity contribution in [1.29, 1.82) is 0 Å². The molecule has 2 fully saturated rings. The van der Waals surface area contributed by atoms with Crippen LogP contribution in [0.4, 0.5) is 5.69 Å². The summed E-state index contributed by atoms with van der Waals surface area (Å²) in [5.74, 6) is -0.935. The molecule has 0 bridgehead atoms. The van der Waals surface area contributed by atoms with Crippen LogP contribution in [0.3, 0.4) is 0 Å². The molecule has 0 unspecified atom stereocenters. The van der Waals surface area contributed by atoms with E-state index in [0.717, 1.165) is 35.8 Å². The maximum atomic E-state index is 12.5. The second-order valence-corrected chi connectivity index (χ2v) is 7.93. The van der Waals surface area contributed by atoms with Crippen LogP contribution in [0.25, 0.3) is 0 Å². The Morgan fingerprint density at radius 1 is 1.23 bits per heavy atom. The lowest BCUT2D eigenvalue weighted by Crippen LogP contribution is -2.49. The molecule has 1 aliphatic carbocycles. The highest BCUT2D eigenvalue weighted by molar-refractivity contribution is 9.10. The molecule has 1 saturated carbocycles. The number of carbonyl (C=O) groups excluding carboxylic acids is 3. The number of nitrogens with zero attached hydrogens (tertiary/aromatic N) is 1. The van der Waals surface area contributed by atoms with Gasteiger partial charge in [0, 0.05) is 23.5 Å². The number of hydrogen-bond donors (Lipinski definition) is 2. The third-order valence-electron chi connectivity index (χ3n) is 5.09. The van der Waals surface area contributed by atoms with Crippen LogP contribution in [-0.2, 0) is 14.4 Å². The largest absolute Gasteiger partial charge is 0.352 e. The summed E-state index contributed by atoms with van der Waals surface area (Å²) in [6.45, 7) is 2.01. The van der Waals surface area contributed by atoms with Crippen LogP contribution in [0.2, 0.25) is 0 Å². The van der Waals surface area contributed by atoms with Crippen molar-refractivity contribution < 1.29 is 14.4 Å². The van der Waals surface area contributed by atoms with E-state index in [1.54, 1.807) is 11.8 Å². The SMILES string of the molecule is C[C@@H](NC(=O)[C@H]1CC(=O)N(c2ccccc2Br)C1)C(=O)NC1CCCC1. The molecule has 0 radical (unpaired) electrons. The molecule has 1 saturated heterocycles. The van der Waals surface area contributed by atoms with E-state index in [0.29, 0.717) is 6.54 Å². The molecule has 3 rings (SSSR count). The van der Waals surface area contributed by atoms with Gasteiger partial charge in [-0.3, -0.25) is 14.4 Å². The number of benzene rings is 1. The molecule has 1 aliphatic heterocycles. The molecule has 0 spiro atoms. The van der Waals surface area contributed by atoms with Crippen molar-refractivity contribution in [3.63, 3.8) is 0 Å². The lowest BCUT2D eigenvalue weighted by Gasteiger charge is -2.20. The second kappa shape index (κ2) is 8.20. The summed E-state index contributed by atoms with van der Waals surface area (Å²) < 4.78 is 0.818. The third-order valence-corrected chi connectivity index (χ3v) is 5.76. The topological polar surface area (TPSA) is 78.5 Å². The van der Waals surface area contributed by atoms with Gasteiger partial charge in [0.15, 0.2) is 0 Å². The Balaban J connectivity index is 1.56. The van der Waals surface area contributed by atoms with Gasteiger partial charge in [0.25, 0.3) is 0 Å². The third kappa shape index (κ3) is 4.26. The normalized spacial score (nSPS) is 21.7. The first-order valence-corrected chi connectivity index (χ1v) is 9.90. The number of para-hydroxylation sites is 1. The van der Waals surface area contributed by atoms with Gasteiger partial charge in [-0.15, -0.1) is 0 Å². The van der Waals surface area contributed by atoms with Crippen molar-refractivity contribution in [3.05, 3.63) is 28.7 Å². The van der Waals surface area contributed by atoms with Crippen LogP contribution in [0, 0.1) is 5.92 Å². The first-order chi connectivity index (χ1) is 12.5. The Morgan fingerprint density at radius 2 is 1.92 bits per heavy atom. The number of amides is 3. The minimum atomic E-state index is -0.601. The van der Waals surface area contributed by atoms with E-state index in [1.165, 1.54) is 0 Å². The van der Waals surface area contributed by atoms with E-state index >= 15 is 0 Å². The molecule has 2 aliphatic rings. The highest BCUT2D eigenvalue weighted by atomic mass is 79.9. The average molecular weight is 422 g/mol. The zero-order valence-corrected chi connectivity index (χ0v) is 16.4. The number of carbonyl (C=O) groups is 3. The minimum absolute atomic E-state index is 0.0832. The molecule has 6 nitrogen and oxygen atoms in total. The van der Waals surface area contributed by atoms with Crippen molar-refractivity contribution in [2.45, 2.75) is 51.1 Å². The summed E-state index contributed by atoms with van der Waals surface area (Å²) in [5, 5.41) is 5.75. The van der Waals surface area contributed by atoms with Crippen LogP contribution >= 0.6 is 15.9 Å². The fourth-order valence-electron chi connectivity index (χ4n) is 3.58. The quantitative estimate of drug-likeness (QED) is 0.765. The molecule has 1 heterocycles. The summed E-state index contributed by atoms with van der Waals surface area (Å²) in [6, 6.07) is 7.07. The van der Waals surface area contributed by atoms with Crippen LogP contribution in [0.15, 0.2) is 28.7 Å². The summed E-state index contributed by atoms with van der Waals surface area (Å²) in [5.41, 5.74) is 0.764. The van der Waals surface area contributed by atoms with E-state index in [9.17, 15) is 14.4 Å². The molecule has 2 N–H and O–H groups in total. The Kier molecular flexibility index (Phi) is 5.96. The Labute approximate surface area is 161 Å². The number of nitrogens with one attached hydrogen (secondary N) is 2. The standard InChI is InChI=1S/C19H24BrN3O3/c1-12(18(25)22-14-6-2-3-7-14)21-19(26)13-10-17(24)23(11-13)16-9-5-4-8-15(16)20/h4-5,8-9,12-14H,2-3,6-7,10-11H2,1H3,(H,21,26)(H,22,25)/t12-,13+/m1/s1. The van der Waals surface area contributed by atoms with E-state index in [1.807, 2.05) is 24.3 Å². The predicted octanol–water partition coefficient (Wildman–Crippen LogP) is 2.37. The lowest BCUT2D eigenvalue weighted by molar-refractivity contribution is -0.131. The molecule has 140 valence electrons. The highest BCUT2D eigenvalue weighted by Gasteiger charge is 2.36. The van der Waals surface area contributed by atoms with Gasteiger partial charge in [-0.25, -0.2) is 0 Å². The number of hydrogen-bond acceptors (Lipinski definition) is 3. The van der Waals surface area contributed by atoms with Crippen molar-refractivity contribution >= 4 is 39.3 Å². The number of anilines is 1. The van der Waals surface area contributed by atoms with Gasteiger partial charge in [-0.05, 0) is 47.8 Å². The maximum absolute atomic E-state index is 12.5. The summed E-state index contributed by atoms with van der Waals surface area (Å²) in [4.78, 5) is 38.7. The monoisotopic (exact) mass is 421 g/mol. The molecule has 3 amide bonds. The molecular formula is C19H24BrN3O3. The molecule has 1 aromatic carbocycles. The second-order valence-electron chi connectivity index (χ2n) is 7.08. The molecule has 7 heteroatoms. The van der Waals surface area contributed by atoms with Gasteiger partial charge < -0.3 is 15.5 Å². The van der Waals surface area contributed by atoms with Gasteiger partial charge in [-0.1, -0.05) is 25.0 Å². The summed E-state index contributed by atoms with van der Waals surface area (Å²) in [6.07, 6.45) is 4.44. The fourth-order valence-corrected chi connectivity index (χ4v) is 4.08. The first-order valence-electron chi connectivity index (χ1n) is 9.11. The number of rotatable bonds is 5. The zero-order valence-electron chi connectivity index (χ0n) is 14.8. The van der Waals surface area contributed by atoms with Crippen LogP contribution in [0.1, 0.15) is 39.0 Å². The Bertz CT molecular complexity index is 703. The van der Waals surface area contributed by atoms with E-state index < -0.39 is 12.0 Å². The zero-order chi connectivity index (χ0) is 18.7. The Morgan fingerprint density at radius 3 is 2.62 bits per heavy atom. The lowest BCUT2D eigenvalue weighted by atomic mass is 10.1. The average Bonchev–Trinajstić information content (AvgIpc) is 3.25. The van der Waals surface area contributed by atoms with Crippen LogP contribution in [-0.4, -0.2) is 36.3 Å². The minimum Gasteiger partial charge on any atom is -0.352 e. The molecule has 0 aromatic heterocycles. The van der Waals surface area contributed by atoms with Crippen molar-refractivity contribution in [2.75, 3.05) is 11.4 Å². The van der Waals surface area contributed by atoms with Crippen LogP contribution in [0.5, 0.6) is 0 Å². The van der Waals surface area contributed by atoms with Crippen molar-refractivity contribution in [3.8, 4) is 0 Å². The summed E-state index contributed by atoms with van der Waals surface area (Å²) >= 11 is 3.44. The van der Waals surface area contributed by atoms with Gasteiger partial charge >= 0.3 is 0 Å². The van der Waals surface area contributed by atoms with Gasteiger partial charge in [-0.2, -0.15) is 0 Å². The fraction of sp³-hybridized carbons (Fsp3) is 0.526. The highest BCUT2D eigenvalue weighted by Crippen LogP contribution is 2.31. The van der Waals surface area contributed by atoms with Gasteiger partial charge in [0.05, 0.1) is 11.6 Å². The molecular weight excluding hydrogens is 398 g/mol. The molecule has 2 atom stereocenters. The molecule has 1 aromatic rings. The number of halogens is 1. The van der Waals surface area contributed by atoms with Crippen LogP contribution < -0.4 is 15.5 Å². The first kappa shape index (κ1) is 18.9. The van der Waals surface area contributed by atoms with Crippen molar-refractivity contribution in [2.24, 2.45) is 5.92 Å². The van der Waals surface area contributed by atoms with Gasteiger partial charge in [0.2, 0.25) is 17.7 Å². The Hall–Kier alpha value is -1.89. The smallest absolute Gasteiger partial charge is 0.242 e. The summed E-state index contributed by atoms with van der Waals surface area (Å²) in [7, 11) is 0. The van der Waals surface area contributed by atoms with Gasteiger partial charge in [0.1, 0.15) is 6.04 Å².